The molecular formula is C14H18O. The van der Waals surface area contributed by atoms with Gasteiger partial charge in [-0.2, -0.15) is 0 Å². The zero-order valence-electron chi connectivity index (χ0n) is 9.49. The fraction of sp³-hybridized carbons (Fsp3) is 0.500. The lowest BCUT2D eigenvalue weighted by atomic mass is 9.95. The monoisotopic (exact) mass is 202 g/mol. The molecule has 0 unspecified atom stereocenters. The molecule has 1 saturated carbocycles. The lowest BCUT2D eigenvalue weighted by Gasteiger charge is -2.10. The van der Waals surface area contributed by atoms with E-state index in [0.29, 0.717) is 5.41 Å². The molecule has 1 atom stereocenters. The van der Waals surface area contributed by atoms with Gasteiger partial charge in [-0.05, 0) is 35.8 Å². The number of hydrogen-bond donors (Lipinski definition) is 0. The van der Waals surface area contributed by atoms with Gasteiger partial charge in [-0.1, -0.05) is 38.1 Å². The molecule has 2 rings (SSSR count). The molecule has 0 amide bonds. The number of rotatable bonds is 4. The highest BCUT2D eigenvalue weighted by molar-refractivity contribution is 5.53. The molecule has 1 aliphatic carbocycles. The van der Waals surface area contributed by atoms with Gasteiger partial charge >= 0.3 is 0 Å². The molecule has 1 nitrogen and oxygen atoms in total. The maximum atomic E-state index is 10.5. The van der Waals surface area contributed by atoms with Crippen molar-refractivity contribution < 1.29 is 4.79 Å². The number of aldehydes is 1. The van der Waals surface area contributed by atoms with Gasteiger partial charge in [-0.3, -0.25) is 0 Å². The van der Waals surface area contributed by atoms with E-state index < -0.39 is 0 Å². The number of hydrogen-bond acceptors (Lipinski definition) is 1. The Bertz CT molecular complexity index is 346. The van der Waals surface area contributed by atoms with Gasteiger partial charge in [0.1, 0.15) is 6.29 Å². The molecule has 0 N–H and O–H groups in total. The molecule has 1 aromatic rings. The second kappa shape index (κ2) is 3.80. The molecule has 1 aliphatic rings. The summed E-state index contributed by atoms with van der Waals surface area (Å²) in [5.41, 5.74) is 3.17. The van der Waals surface area contributed by atoms with Gasteiger partial charge in [0.2, 0.25) is 0 Å². The SMILES string of the molecule is C[C@@H](C=O)Cc1ccc(C2(C)CC2)cc1. The highest BCUT2D eigenvalue weighted by atomic mass is 16.1. The van der Waals surface area contributed by atoms with E-state index in [0.717, 1.165) is 12.7 Å². The van der Waals surface area contributed by atoms with Gasteiger partial charge < -0.3 is 4.79 Å². The van der Waals surface area contributed by atoms with Crippen molar-refractivity contribution >= 4 is 6.29 Å². The van der Waals surface area contributed by atoms with Gasteiger partial charge in [-0.25, -0.2) is 0 Å². The Morgan fingerprint density at radius 2 is 1.93 bits per heavy atom. The van der Waals surface area contributed by atoms with Crippen molar-refractivity contribution in [2.24, 2.45) is 5.92 Å². The average Bonchev–Trinajstić information content (AvgIpc) is 2.98. The molecule has 1 aromatic carbocycles. The van der Waals surface area contributed by atoms with Crippen molar-refractivity contribution in [1.82, 2.24) is 0 Å². The summed E-state index contributed by atoms with van der Waals surface area (Å²) in [6, 6.07) is 8.78. The van der Waals surface area contributed by atoms with E-state index in [1.165, 1.54) is 24.0 Å². The van der Waals surface area contributed by atoms with Crippen LogP contribution in [0.3, 0.4) is 0 Å². The Balaban J connectivity index is 2.07. The van der Waals surface area contributed by atoms with Crippen LogP contribution in [0.1, 0.15) is 37.8 Å². The van der Waals surface area contributed by atoms with Gasteiger partial charge in [0.25, 0.3) is 0 Å². The van der Waals surface area contributed by atoms with Gasteiger partial charge in [-0.15, -0.1) is 0 Å². The summed E-state index contributed by atoms with van der Waals surface area (Å²) in [5, 5.41) is 0. The van der Waals surface area contributed by atoms with Crippen molar-refractivity contribution in [1.29, 1.82) is 0 Å². The summed E-state index contributed by atoms with van der Waals surface area (Å²) in [4.78, 5) is 10.5. The maximum Gasteiger partial charge on any atom is 0.123 e. The Kier molecular flexibility index (Phi) is 2.64. The van der Waals surface area contributed by atoms with Crippen LogP contribution in [0.15, 0.2) is 24.3 Å². The third kappa shape index (κ3) is 2.28. The zero-order chi connectivity index (χ0) is 10.9. The summed E-state index contributed by atoms with van der Waals surface area (Å²) in [7, 11) is 0. The molecular weight excluding hydrogens is 184 g/mol. The molecule has 0 saturated heterocycles. The van der Waals surface area contributed by atoms with Crippen LogP contribution in [-0.4, -0.2) is 6.29 Å². The van der Waals surface area contributed by atoms with Crippen molar-refractivity contribution in [2.75, 3.05) is 0 Å². The van der Waals surface area contributed by atoms with E-state index in [1.807, 2.05) is 6.92 Å². The molecule has 1 fully saturated rings. The molecule has 0 heterocycles. The largest absolute Gasteiger partial charge is 0.303 e. The molecule has 0 aromatic heterocycles. The first-order chi connectivity index (χ1) is 7.14. The average molecular weight is 202 g/mol. The number of benzene rings is 1. The van der Waals surface area contributed by atoms with Crippen molar-refractivity contribution in [3.05, 3.63) is 35.4 Å². The molecule has 0 aliphatic heterocycles. The molecule has 0 radical (unpaired) electrons. The summed E-state index contributed by atoms with van der Waals surface area (Å²) in [6.07, 6.45) is 4.52. The first-order valence-corrected chi connectivity index (χ1v) is 5.69. The minimum Gasteiger partial charge on any atom is -0.303 e. The second-order valence-electron chi connectivity index (χ2n) is 5.08. The third-order valence-corrected chi connectivity index (χ3v) is 3.44. The molecule has 15 heavy (non-hydrogen) atoms. The Labute approximate surface area is 91.5 Å². The predicted octanol–water partition coefficient (Wildman–Crippen LogP) is 3.12. The first kappa shape index (κ1) is 10.4. The second-order valence-corrected chi connectivity index (χ2v) is 5.08. The van der Waals surface area contributed by atoms with Crippen LogP contribution in [0, 0.1) is 5.92 Å². The van der Waals surface area contributed by atoms with E-state index in [4.69, 9.17) is 0 Å². The molecule has 80 valence electrons. The first-order valence-electron chi connectivity index (χ1n) is 5.69. The van der Waals surface area contributed by atoms with E-state index >= 15 is 0 Å². The quantitative estimate of drug-likeness (QED) is 0.686. The van der Waals surface area contributed by atoms with Gasteiger partial charge in [0, 0.05) is 5.92 Å². The maximum absolute atomic E-state index is 10.5. The molecule has 0 spiro atoms. The lowest BCUT2D eigenvalue weighted by molar-refractivity contribution is -0.110. The van der Waals surface area contributed by atoms with Crippen molar-refractivity contribution in [3.8, 4) is 0 Å². The summed E-state index contributed by atoms with van der Waals surface area (Å²) < 4.78 is 0. The normalized spacial score (nSPS) is 19.6. The number of carbonyl (C=O) groups excluding carboxylic acids is 1. The predicted molar refractivity (Wildman–Crippen MR) is 62.0 cm³/mol. The minimum absolute atomic E-state index is 0.132. The highest BCUT2D eigenvalue weighted by Gasteiger charge is 2.38. The van der Waals surface area contributed by atoms with Crippen molar-refractivity contribution in [3.63, 3.8) is 0 Å². The van der Waals surface area contributed by atoms with E-state index in [-0.39, 0.29) is 5.92 Å². The van der Waals surface area contributed by atoms with Crippen LogP contribution < -0.4 is 0 Å². The minimum atomic E-state index is 0.132. The highest BCUT2D eigenvalue weighted by Crippen LogP contribution is 2.47. The summed E-state index contributed by atoms with van der Waals surface area (Å²) in [5.74, 6) is 0.132. The topological polar surface area (TPSA) is 17.1 Å². The summed E-state index contributed by atoms with van der Waals surface area (Å²) in [6.45, 7) is 4.28. The fourth-order valence-electron chi connectivity index (χ4n) is 1.94. The zero-order valence-corrected chi connectivity index (χ0v) is 9.49. The Morgan fingerprint density at radius 1 is 1.33 bits per heavy atom. The van der Waals surface area contributed by atoms with Crippen LogP contribution in [-0.2, 0) is 16.6 Å². The molecule has 0 bridgehead atoms. The van der Waals surface area contributed by atoms with E-state index in [2.05, 4.69) is 31.2 Å². The van der Waals surface area contributed by atoms with Crippen LogP contribution in [0.5, 0.6) is 0 Å². The summed E-state index contributed by atoms with van der Waals surface area (Å²) >= 11 is 0. The van der Waals surface area contributed by atoms with Crippen LogP contribution in [0.25, 0.3) is 0 Å². The molecule has 1 heteroatoms. The van der Waals surface area contributed by atoms with E-state index in [1.54, 1.807) is 0 Å². The Morgan fingerprint density at radius 3 is 2.40 bits per heavy atom. The fourth-order valence-corrected chi connectivity index (χ4v) is 1.94. The van der Waals surface area contributed by atoms with Gasteiger partial charge in [0.15, 0.2) is 0 Å². The number of carbonyl (C=O) groups is 1. The van der Waals surface area contributed by atoms with E-state index in [9.17, 15) is 4.79 Å². The van der Waals surface area contributed by atoms with Crippen LogP contribution >= 0.6 is 0 Å². The van der Waals surface area contributed by atoms with Crippen LogP contribution in [0.4, 0.5) is 0 Å². The lowest BCUT2D eigenvalue weighted by Crippen LogP contribution is -2.02. The third-order valence-electron chi connectivity index (χ3n) is 3.44. The standard InChI is InChI=1S/C14H18O/c1-11(10-15)9-12-3-5-13(6-4-12)14(2)7-8-14/h3-6,10-11H,7-9H2,1-2H3/t11-/m1/s1. The smallest absolute Gasteiger partial charge is 0.123 e. The van der Waals surface area contributed by atoms with Crippen LogP contribution in [0.2, 0.25) is 0 Å². The van der Waals surface area contributed by atoms with Gasteiger partial charge in [0.05, 0.1) is 0 Å². The van der Waals surface area contributed by atoms with Crippen molar-refractivity contribution in [2.45, 2.75) is 38.5 Å². The Hall–Kier alpha value is -1.11.